The first-order chi connectivity index (χ1) is 18.2. The molecule has 0 spiro atoms. The van der Waals surface area contributed by atoms with Gasteiger partial charge in [0.2, 0.25) is 0 Å². The van der Waals surface area contributed by atoms with E-state index in [4.69, 9.17) is 4.74 Å². The average molecular weight is 532 g/mol. The highest BCUT2D eigenvalue weighted by molar-refractivity contribution is 5.85. The van der Waals surface area contributed by atoms with Crippen molar-refractivity contribution >= 4 is 22.6 Å². The van der Waals surface area contributed by atoms with E-state index in [2.05, 4.69) is 15.2 Å². The van der Waals surface area contributed by atoms with Crippen LogP contribution in [0.15, 0.2) is 42.6 Å². The molecule has 0 bridgehead atoms. The second-order valence-corrected chi connectivity index (χ2v) is 9.76. The largest absolute Gasteiger partial charge is 0.497 e. The van der Waals surface area contributed by atoms with Crippen LogP contribution in [-0.4, -0.2) is 59.4 Å². The number of aromatic nitrogens is 1. The molecule has 1 aromatic heterocycles. The zero-order chi connectivity index (χ0) is 27.3. The lowest BCUT2D eigenvalue weighted by Gasteiger charge is -2.39. The van der Waals surface area contributed by atoms with Crippen LogP contribution in [0.5, 0.6) is 5.75 Å². The Hall–Kier alpha value is -3.37. The van der Waals surface area contributed by atoms with Gasteiger partial charge in [0.05, 0.1) is 24.6 Å². The molecule has 2 heterocycles. The summed E-state index contributed by atoms with van der Waals surface area (Å²) in [6.07, 6.45) is 0.830. The van der Waals surface area contributed by atoms with Gasteiger partial charge in [-0.15, -0.1) is 0 Å². The number of ether oxygens (including phenoxy) is 1. The van der Waals surface area contributed by atoms with E-state index in [0.29, 0.717) is 72.5 Å². The molecular weight excluding hydrogens is 499 g/mol. The van der Waals surface area contributed by atoms with E-state index in [1.54, 1.807) is 18.2 Å². The van der Waals surface area contributed by atoms with Crippen molar-refractivity contribution in [2.45, 2.75) is 38.5 Å². The van der Waals surface area contributed by atoms with E-state index in [1.165, 1.54) is 25.4 Å². The lowest BCUT2D eigenvalue weighted by Crippen LogP contribution is -2.45. The van der Waals surface area contributed by atoms with Gasteiger partial charge in [0, 0.05) is 47.6 Å². The van der Waals surface area contributed by atoms with Crippen LogP contribution in [-0.2, 0) is 11.4 Å². The number of halogens is 3. The molecule has 4 rings (SSSR count). The van der Waals surface area contributed by atoms with Gasteiger partial charge in [-0.3, -0.25) is 9.78 Å². The number of aliphatic hydroxyl groups excluding tert-OH is 1. The van der Waals surface area contributed by atoms with Crippen LogP contribution in [0.1, 0.15) is 43.0 Å². The second-order valence-electron chi connectivity index (χ2n) is 9.76. The lowest BCUT2D eigenvalue weighted by molar-refractivity contribution is -0.153. The number of aliphatic hydroxyl groups is 1. The van der Waals surface area contributed by atoms with Gasteiger partial charge in [-0.1, -0.05) is 0 Å². The molecule has 38 heavy (non-hydrogen) atoms. The molecule has 0 aliphatic carbocycles. The maximum atomic E-state index is 15.8. The van der Waals surface area contributed by atoms with Crippen LogP contribution in [0.4, 0.5) is 18.9 Å². The topological polar surface area (TPSA) is 94.9 Å². The molecule has 1 aliphatic heterocycles. The van der Waals surface area contributed by atoms with Gasteiger partial charge < -0.3 is 25.2 Å². The molecule has 1 aliphatic rings. The molecule has 1 atom stereocenters. The Morgan fingerprint density at radius 3 is 2.53 bits per heavy atom. The molecule has 7 nitrogen and oxygen atoms in total. The summed E-state index contributed by atoms with van der Waals surface area (Å²) in [6, 6.07) is 8.37. The van der Waals surface area contributed by atoms with Crippen molar-refractivity contribution < 1.29 is 32.9 Å². The summed E-state index contributed by atoms with van der Waals surface area (Å²) >= 11 is 0. The van der Waals surface area contributed by atoms with Crippen LogP contribution in [0, 0.1) is 17.0 Å². The molecule has 204 valence electrons. The monoisotopic (exact) mass is 531 g/mol. The van der Waals surface area contributed by atoms with Crippen molar-refractivity contribution in [1.29, 1.82) is 0 Å². The van der Waals surface area contributed by atoms with Gasteiger partial charge in [0.25, 0.3) is 0 Å². The molecule has 0 radical (unpaired) electrons. The van der Waals surface area contributed by atoms with E-state index in [1.807, 2.05) is 0 Å². The minimum atomic E-state index is -1.49. The van der Waals surface area contributed by atoms with Crippen LogP contribution < -0.4 is 10.1 Å². The average Bonchev–Trinajstić information content (AvgIpc) is 2.90. The molecule has 0 amide bonds. The quantitative estimate of drug-likeness (QED) is 0.318. The number of hydrogen-bond acceptors (Lipinski definition) is 6. The minimum absolute atomic E-state index is 0.0116. The van der Waals surface area contributed by atoms with Crippen molar-refractivity contribution in [1.82, 2.24) is 9.88 Å². The number of alkyl halides is 1. The number of hydrogen-bond donors (Lipinski definition) is 3. The Kier molecular flexibility index (Phi) is 8.73. The summed E-state index contributed by atoms with van der Waals surface area (Å²) in [6.45, 7) is 1.66. The lowest BCUT2D eigenvalue weighted by atomic mass is 9.74. The molecule has 3 aromatic rings. The second kappa shape index (κ2) is 12.0. The number of piperidine rings is 1. The van der Waals surface area contributed by atoms with Crippen molar-refractivity contribution in [3.05, 3.63) is 65.4 Å². The number of likely N-dealkylation sites (tertiary alicyclic amines) is 1. The summed E-state index contributed by atoms with van der Waals surface area (Å²) in [7, 11) is 1.51. The number of nitrogens with one attached hydrogen (secondary N) is 1. The third-order valence-corrected chi connectivity index (χ3v) is 7.45. The van der Waals surface area contributed by atoms with Gasteiger partial charge >= 0.3 is 5.97 Å². The molecule has 10 heteroatoms. The van der Waals surface area contributed by atoms with E-state index < -0.39 is 29.2 Å². The minimum Gasteiger partial charge on any atom is -0.497 e. The van der Waals surface area contributed by atoms with Gasteiger partial charge in [-0.05, 0) is 69.1 Å². The number of carbonyl (C=O) groups is 1. The molecule has 0 unspecified atom stereocenters. The molecule has 1 fully saturated rings. The fourth-order valence-electron chi connectivity index (χ4n) is 5.19. The van der Waals surface area contributed by atoms with E-state index in [9.17, 15) is 23.8 Å². The Morgan fingerprint density at radius 1 is 1.18 bits per heavy atom. The first kappa shape index (κ1) is 27.7. The fraction of sp³-hybridized carbons (Fsp3) is 0.429. The predicted octanol–water partition coefficient (Wildman–Crippen LogP) is 5.08. The van der Waals surface area contributed by atoms with Gasteiger partial charge in [-0.2, -0.15) is 0 Å². The maximum Gasteiger partial charge on any atom is 0.309 e. The number of pyridine rings is 1. The van der Waals surface area contributed by atoms with E-state index >= 15 is 4.39 Å². The van der Waals surface area contributed by atoms with Crippen LogP contribution in [0.2, 0.25) is 0 Å². The van der Waals surface area contributed by atoms with Crippen molar-refractivity contribution in [3.8, 4) is 5.75 Å². The van der Waals surface area contributed by atoms with Gasteiger partial charge in [0.15, 0.2) is 0 Å². The van der Waals surface area contributed by atoms with E-state index in [0.717, 1.165) is 6.07 Å². The van der Waals surface area contributed by atoms with Crippen molar-refractivity contribution in [3.63, 3.8) is 0 Å². The highest BCUT2D eigenvalue weighted by Crippen LogP contribution is 2.41. The Morgan fingerprint density at radius 2 is 1.89 bits per heavy atom. The summed E-state index contributed by atoms with van der Waals surface area (Å²) in [4.78, 5) is 18.7. The zero-order valence-electron chi connectivity index (χ0n) is 21.2. The predicted molar refractivity (Wildman–Crippen MR) is 138 cm³/mol. The molecule has 2 aromatic carbocycles. The van der Waals surface area contributed by atoms with Crippen LogP contribution in [0.25, 0.3) is 10.9 Å². The number of rotatable bonds is 11. The third kappa shape index (κ3) is 6.19. The van der Waals surface area contributed by atoms with Crippen LogP contribution >= 0.6 is 0 Å². The Labute approximate surface area is 219 Å². The highest BCUT2D eigenvalue weighted by atomic mass is 19.1. The van der Waals surface area contributed by atoms with E-state index in [-0.39, 0.29) is 19.4 Å². The number of carboxylic acid groups (broad SMARTS) is 1. The highest BCUT2D eigenvalue weighted by Gasteiger charge is 2.41. The third-order valence-electron chi connectivity index (χ3n) is 7.45. The summed E-state index contributed by atoms with van der Waals surface area (Å²) in [5.74, 6) is -1.73. The van der Waals surface area contributed by atoms with Crippen LogP contribution in [0.3, 0.4) is 0 Å². The molecular formula is C28H32F3N3O4. The zero-order valence-corrected chi connectivity index (χ0v) is 21.2. The number of aliphatic carboxylic acids is 1. The van der Waals surface area contributed by atoms with Crippen molar-refractivity contribution in [2.24, 2.45) is 5.41 Å². The first-order valence-electron chi connectivity index (χ1n) is 12.6. The normalized spacial score (nSPS) is 16.3. The molecule has 3 N–H and O–H groups in total. The van der Waals surface area contributed by atoms with Gasteiger partial charge in [0.1, 0.15) is 23.6 Å². The molecule has 0 saturated carbocycles. The summed E-state index contributed by atoms with van der Waals surface area (Å²) < 4.78 is 47.8. The molecule has 1 saturated heterocycles. The number of benzene rings is 2. The number of anilines is 1. The Balaban J connectivity index is 1.39. The number of nitrogens with zero attached hydrogens (tertiary/aromatic N) is 2. The number of methoxy groups -OCH3 is 1. The maximum absolute atomic E-state index is 15.8. The number of fused-ring (bicyclic) bond motifs is 1. The number of carboxylic acids is 1. The smallest absolute Gasteiger partial charge is 0.309 e. The summed E-state index contributed by atoms with van der Waals surface area (Å²) in [5, 5.41) is 23.4. The first-order valence-corrected chi connectivity index (χ1v) is 12.6. The van der Waals surface area contributed by atoms with Gasteiger partial charge in [-0.25, -0.2) is 13.2 Å². The van der Waals surface area contributed by atoms with Crippen molar-refractivity contribution in [2.75, 3.05) is 38.6 Å². The Bertz CT molecular complexity index is 1260. The SMILES string of the molecule is COc1ccc2ncc(CO)c([C@@H](F)CCC3(C(=O)O)CCN(CCNc4cc(F)cc(F)c4)CC3)c2c1. The summed E-state index contributed by atoms with van der Waals surface area (Å²) in [5.41, 5.74) is 0.533. The standard InChI is InChI=1S/C28H32F3N3O4/c1-38-22-2-3-25-23(15-22)26(18(17-35)16-33-25)24(31)4-5-28(27(36)37)6-9-34(10-7-28)11-8-32-21-13-19(29)12-20(30)14-21/h2-3,12-16,24,32,35H,4-11,17H2,1H3,(H,36,37)/t24-/m0/s1. The fourth-order valence-corrected chi connectivity index (χ4v) is 5.19.